The molecule has 1 fully saturated rings. The highest BCUT2D eigenvalue weighted by Crippen LogP contribution is 2.31. The van der Waals surface area contributed by atoms with E-state index < -0.39 is 29.2 Å². The van der Waals surface area contributed by atoms with Crippen molar-refractivity contribution >= 4 is 28.8 Å². The molecule has 10 nitrogen and oxygen atoms in total. The number of aromatic amines is 1. The van der Waals surface area contributed by atoms with Crippen molar-refractivity contribution in [1.82, 2.24) is 25.2 Å². The SMILES string of the molecule is CN(C)N(C)C(=O)O[C@@]1(Cc2ccccc2)CCCN(C(=O)[C@@H](Cc2c[nH]c3ccccc23)NC(=O)C(C)(C)N)C1. The van der Waals surface area contributed by atoms with Crippen LogP contribution in [-0.4, -0.2) is 89.2 Å². The van der Waals surface area contributed by atoms with Crippen LogP contribution in [0.3, 0.4) is 0 Å². The predicted octanol–water partition coefficient (Wildman–Crippen LogP) is 3.08. The highest BCUT2D eigenvalue weighted by atomic mass is 16.6. The van der Waals surface area contributed by atoms with Gasteiger partial charge in [-0.2, -0.15) is 0 Å². The van der Waals surface area contributed by atoms with Crippen LogP contribution in [0.25, 0.3) is 10.9 Å². The molecule has 0 bridgehead atoms. The van der Waals surface area contributed by atoms with Crippen LogP contribution in [0.4, 0.5) is 4.79 Å². The summed E-state index contributed by atoms with van der Waals surface area (Å²) in [6.07, 6.45) is 3.38. The number of H-pyrrole nitrogens is 1. The molecule has 2 aromatic carbocycles. The van der Waals surface area contributed by atoms with E-state index in [0.29, 0.717) is 25.8 Å². The zero-order chi connectivity index (χ0) is 29.8. The first-order valence-electron chi connectivity index (χ1n) is 14.0. The van der Waals surface area contributed by atoms with E-state index in [9.17, 15) is 14.4 Å². The molecule has 0 aliphatic carbocycles. The van der Waals surface area contributed by atoms with Gasteiger partial charge in [0, 0.05) is 57.6 Å². The lowest BCUT2D eigenvalue weighted by atomic mass is 9.85. The second-order valence-electron chi connectivity index (χ2n) is 11.8. The number of nitrogens with one attached hydrogen (secondary N) is 2. The van der Waals surface area contributed by atoms with Gasteiger partial charge < -0.3 is 25.7 Å². The maximum Gasteiger partial charge on any atom is 0.424 e. The number of amides is 3. The van der Waals surface area contributed by atoms with Gasteiger partial charge in [-0.15, -0.1) is 0 Å². The van der Waals surface area contributed by atoms with Crippen LogP contribution in [0.5, 0.6) is 0 Å². The van der Waals surface area contributed by atoms with Gasteiger partial charge in [0.05, 0.1) is 12.1 Å². The summed E-state index contributed by atoms with van der Waals surface area (Å²) in [5.41, 5.74) is 6.88. The summed E-state index contributed by atoms with van der Waals surface area (Å²) < 4.78 is 6.20. The van der Waals surface area contributed by atoms with E-state index in [1.165, 1.54) is 5.01 Å². The fourth-order valence-electron chi connectivity index (χ4n) is 5.22. The maximum atomic E-state index is 14.2. The number of nitrogens with zero attached hydrogens (tertiary/aromatic N) is 3. The number of aromatic nitrogens is 1. The summed E-state index contributed by atoms with van der Waals surface area (Å²) in [5.74, 6) is -0.649. The van der Waals surface area contributed by atoms with Crippen molar-refractivity contribution in [3.63, 3.8) is 0 Å². The Labute approximate surface area is 241 Å². The van der Waals surface area contributed by atoms with Crippen molar-refractivity contribution in [2.75, 3.05) is 34.2 Å². The maximum absolute atomic E-state index is 14.2. The minimum absolute atomic E-state index is 0.208. The number of hydrogen-bond donors (Lipinski definition) is 3. The van der Waals surface area contributed by atoms with E-state index in [0.717, 1.165) is 22.0 Å². The summed E-state index contributed by atoms with van der Waals surface area (Å²) in [6, 6.07) is 16.8. The molecule has 0 spiro atoms. The van der Waals surface area contributed by atoms with E-state index in [2.05, 4.69) is 10.3 Å². The number of carbonyl (C=O) groups is 3. The van der Waals surface area contributed by atoms with E-state index in [1.807, 2.05) is 60.8 Å². The summed E-state index contributed by atoms with van der Waals surface area (Å²) in [6.45, 7) is 3.92. The standard InChI is InChI=1S/C31H42N6O4/c1-30(2,32)28(39)34-26(18-23-20-33-25-15-10-9-14-24(23)25)27(38)37-17-11-16-31(21-37,19-22-12-7-6-8-13-22)41-29(40)36(5)35(3)4/h6-10,12-15,20,26,33H,11,16-19,21,32H2,1-5H3,(H,34,39)/t26-,31-/m1/s1. The average Bonchev–Trinajstić information content (AvgIpc) is 3.34. The highest BCUT2D eigenvalue weighted by molar-refractivity contribution is 5.92. The second kappa shape index (κ2) is 12.3. The first-order chi connectivity index (χ1) is 19.4. The molecule has 220 valence electrons. The van der Waals surface area contributed by atoms with Gasteiger partial charge in [0.2, 0.25) is 11.8 Å². The third-order valence-corrected chi connectivity index (χ3v) is 7.68. The van der Waals surface area contributed by atoms with Gasteiger partial charge in [0.1, 0.15) is 11.6 Å². The molecule has 0 saturated carbocycles. The van der Waals surface area contributed by atoms with Gasteiger partial charge in [-0.05, 0) is 43.9 Å². The first-order valence-corrected chi connectivity index (χ1v) is 14.0. The number of hydrogen-bond acceptors (Lipinski definition) is 6. The minimum Gasteiger partial charge on any atom is -0.440 e. The van der Waals surface area contributed by atoms with Crippen LogP contribution in [-0.2, 0) is 27.2 Å². The minimum atomic E-state index is -1.16. The smallest absolute Gasteiger partial charge is 0.424 e. The molecule has 3 aromatic rings. The predicted molar refractivity (Wildman–Crippen MR) is 159 cm³/mol. The van der Waals surface area contributed by atoms with E-state index in [1.54, 1.807) is 44.9 Å². The summed E-state index contributed by atoms with van der Waals surface area (Å²) in [5, 5.41) is 6.95. The molecule has 4 N–H and O–H groups in total. The number of nitrogens with two attached hydrogens (primary N) is 1. The molecule has 4 rings (SSSR count). The fourth-order valence-corrected chi connectivity index (χ4v) is 5.22. The Morgan fingerprint density at radius 1 is 1.10 bits per heavy atom. The Hall–Kier alpha value is -3.89. The molecule has 0 radical (unpaired) electrons. The Morgan fingerprint density at radius 3 is 2.46 bits per heavy atom. The number of benzene rings is 2. The molecule has 1 saturated heterocycles. The van der Waals surface area contributed by atoms with E-state index in [4.69, 9.17) is 10.5 Å². The quantitative estimate of drug-likeness (QED) is 0.345. The molecule has 41 heavy (non-hydrogen) atoms. The van der Waals surface area contributed by atoms with Gasteiger partial charge >= 0.3 is 6.09 Å². The average molecular weight is 563 g/mol. The molecule has 1 aromatic heterocycles. The molecule has 0 unspecified atom stereocenters. The molecule has 1 aliphatic rings. The Morgan fingerprint density at radius 2 is 1.78 bits per heavy atom. The lowest BCUT2D eigenvalue weighted by molar-refractivity contribution is -0.144. The fraction of sp³-hybridized carbons (Fsp3) is 0.452. The summed E-state index contributed by atoms with van der Waals surface area (Å²) >= 11 is 0. The molecule has 2 heterocycles. The van der Waals surface area contributed by atoms with Crippen LogP contribution in [0.1, 0.15) is 37.8 Å². The zero-order valence-corrected chi connectivity index (χ0v) is 24.6. The monoisotopic (exact) mass is 562 g/mol. The van der Waals surface area contributed by atoms with Crippen molar-refractivity contribution in [3.05, 3.63) is 71.9 Å². The van der Waals surface area contributed by atoms with Crippen molar-refractivity contribution in [2.24, 2.45) is 5.73 Å². The third-order valence-electron chi connectivity index (χ3n) is 7.68. The normalized spacial score (nSPS) is 18.3. The van der Waals surface area contributed by atoms with Crippen LogP contribution in [0.2, 0.25) is 0 Å². The van der Waals surface area contributed by atoms with E-state index >= 15 is 0 Å². The van der Waals surface area contributed by atoms with Crippen LogP contribution < -0.4 is 11.1 Å². The van der Waals surface area contributed by atoms with Crippen molar-refractivity contribution in [1.29, 1.82) is 0 Å². The van der Waals surface area contributed by atoms with Crippen molar-refractivity contribution in [3.8, 4) is 0 Å². The lowest BCUT2D eigenvalue weighted by Crippen LogP contribution is -2.61. The van der Waals surface area contributed by atoms with Gasteiger partial charge in [0.15, 0.2) is 0 Å². The largest absolute Gasteiger partial charge is 0.440 e. The Kier molecular flexibility index (Phi) is 9.04. The summed E-state index contributed by atoms with van der Waals surface area (Å²) in [7, 11) is 5.17. The van der Waals surface area contributed by atoms with Crippen molar-refractivity contribution in [2.45, 2.75) is 56.7 Å². The van der Waals surface area contributed by atoms with Crippen LogP contribution >= 0.6 is 0 Å². The van der Waals surface area contributed by atoms with E-state index in [-0.39, 0.29) is 18.9 Å². The number of ether oxygens (including phenoxy) is 1. The highest BCUT2D eigenvalue weighted by Gasteiger charge is 2.43. The van der Waals surface area contributed by atoms with Crippen molar-refractivity contribution < 1.29 is 19.1 Å². The molecular formula is C31H42N6O4. The number of hydrazine groups is 1. The second-order valence-corrected chi connectivity index (χ2v) is 11.8. The lowest BCUT2D eigenvalue weighted by Gasteiger charge is -2.44. The number of rotatable bonds is 9. The molecule has 1 aliphatic heterocycles. The number of piperidine rings is 1. The Bertz CT molecular complexity index is 1370. The van der Waals surface area contributed by atoms with Crippen LogP contribution in [0, 0.1) is 0 Å². The van der Waals surface area contributed by atoms with Gasteiger partial charge in [-0.25, -0.2) is 14.8 Å². The third kappa shape index (κ3) is 7.25. The van der Waals surface area contributed by atoms with Gasteiger partial charge in [-0.3, -0.25) is 9.59 Å². The zero-order valence-electron chi connectivity index (χ0n) is 24.6. The van der Waals surface area contributed by atoms with Gasteiger partial charge in [-0.1, -0.05) is 48.5 Å². The number of carbonyl (C=O) groups excluding carboxylic acids is 3. The summed E-state index contributed by atoms with van der Waals surface area (Å²) in [4.78, 5) is 45.3. The molecular weight excluding hydrogens is 520 g/mol. The topological polar surface area (TPSA) is 124 Å². The first kappa shape index (κ1) is 30.1. The Balaban J connectivity index is 1.63. The molecule has 10 heteroatoms. The number of para-hydroxylation sites is 1. The number of likely N-dealkylation sites (tertiary alicyclic amines) is 1. The molecule has 3 amide bonds. The van der Waals surface area contributed by atoms with Gasteiger partial charge in [0.25, 0.3) is 0 Å². The molecule has 2 atom stereocenters. The number of fused-ring (bicyclic) bond motifs is 1. The van der Waals surface area contributed by atoms with Crippen LogP contribution in [0.15, 0.2) is 60.8 Å².